The number of aromatic nitrogens is 6. The SMILES string of the molecule is C=Cc1ccccc1/C(=C\C)n1c2ccccc2c2c3c4ccccc4n(-c4ccc5c(c4)c4ccccc4n5-c4nc(-c5ccccc5)nc(-c5ccccc5)n4)c3ccc21. The summed E-state index contributed by atoms with van der Waals surface area (Å²) in [5.41, 5.74) is 13.0. The van der Waals surface area contributed by atoms with Crippen molar-refractivity contribution < 1.29 is 0 Å². The van der Waals surface area contributed by atoms with Gasteiger partial charge in [0.05, 0.1) is 33.1 Å². The molecule has 6 heteroatoms. The lowest BCUT2D eigenvalue weighted by atomic mass is 10.0. The lowest BCUT2D eigenvalue weighted by Gasteiger charge is -2.15. The van der Waals surface area contributed by atoms with E-state index in [9.17, 15) is 0 Å². The third-order valence-electron chi connectivity index (χ3n) is 12.2. The molecule has 6 nitrogen and oxygen atoms in total. The van der Waals surface area contributed by atoms with Gasteiger partial charge in [0.2, 0.25) is 5.95 Å². The summed E-state index contributed by atoms with van der Waals surface area (Å²) in [6.07, 6.45) is 4.16. The van der Waals surface area contributed by atoms with Crippen LogP contribution in [0.3, 0.4) is 0 Å². The highest BCUT2D eigenvalue weighted by molar-refractivity contribution is 6.29. The van der Waals surface area contributed by atoms with E-state index in [4.69, 9.17) is 15.0 Å². The predicted octanol–water partition coefficient (Wildman–Crippen LogP) is 14.1. The molecule has 0 radical (unpaired) electrons. The monoisotopic (exact) mass is 794 g/mol. The molecule has 292 valence electrons. The molecule has 0 atom stereocenters. The Morgan fingerprint density at radius 2 is 0.968 bits per heavy atom. The molecule has 0 unspecified atom stereocenters. The van der Waals surface area contributed by atoms with Gasteiger partial charge in [-0.25, -0.2) is 4.98 Å². The maximum atomic E-state index is 5.15. The Morgan fingerprint density at radius 1 is 0.452 bits per heavy atom. The molecule has 12 rings (SSSR count). The summed E-state index contributed by atoms with van der Waals surface area (Å²) in [6.45, 7) is 6.28. The first-order valence-electron chi connectivity index (χ1n) is 20.9. The molecule has 4 heterocycles. The Balaban J connectivity index is 1.11. The summed E-state index contributed by atoms with van der Waals surface area (Å²) in [4.78, 5) is 15.3. The van der Waals surface area contributed by atoms with Crippen LogP contribution in [0.1, 0.15) is 18.1 Å². The smallest absolute Gasteiger partial charge is 0.238 e. The number of benzene rings is 8. The van der Waals surface area contributed by atoms with E-state index in [1.807, 2.05) is 66.7 Å². The van der Waals surface area contributed by atoms with E-state index in [1.54, 1.807) is 0 Å². The maximum absolute atomic E-state index is 5.15. The molecule has 0 fully saturated rings. The molecule has 0 aliphatic heterocycles. The Bertz CT molecular complexity index is 3720. The van der Waals surface area contributed by atoms with Crippen LogP contribution in [-0.2, 0) is 0 Å². The first kappa shape index (κ1) is 35.6. The summed E-state index contributed by atoms with van der Waals surface area (Å²) >= 11 is 0. The van der Waals surface area contributed by atoms with Crippen LogP contribution in [0.25, 0.3) is 112 Å². The molecule has 62 heavy (non-hydrogen) atoms. The van der Waals surface area contributed by atoms with Crippen LogP contribution in [0.5, 0.6) is 0 Å². The Kier molecular flexibility index (Phi) is 8.12. The van der Waals surface area contributed by atoms with Gasteiger partial charge >= 0.3 is 0 Å². The highest BCUT2D eigenvalue weighted by atomic mass is 15.2. The predicted molar refractivity (Wildman–Crippen MR) is 258 cm³/mol. The average molecular weight is 795 g/mol. The highest BCUT2D eigenvalue weighted by Crippen LogP contribution is 2.44. The molecule has 0 bridgehead atoms. The Morgan fingerprint density at radius 3 is 1.65 bits per heavy atom. The molecule has 0 amide bonds. The van der Waals surface area contributed by atoms with Crippen LogP contribution < -0.4 is 0 Å². The van der Waals surface area contributed by atoms with Gasteiger partial charge < -0.3 is 9.13 Å². The largest absolute Gasteiger partial charge is 0.309 e. The number of hydrogen-bond donors (Lipinski definition) is 0. The normalized spacial score (nSPS) is 12.1. The van der Waals surface area contributed by atoms with Gasteiger partial charge in [-0.15, -0.1) is 0 Å². The minimum atomic E-state index is 0.573. The fraction of sp³-hybridized carbons (Fsp3) is 0.0179. The van der Waals surface area contributed by atoms with Gasteiger partial charge in [-0.2, -0.15) is 9.97 Å². The van der Waals surface area contributed by atoms with E-state index in [-0.39, 0.29) is 0 Å². The van der Waals surface area contributed by atoms with Crippen LogP contribution in [0.15, 0.2) is 201 Å². The third-order valence-corrected chi connectivity index (χ3v) is 12.2. The summed E-state index contributed by atoms with van der Waals surface area (Å²) in [5, 5.41) is 7.13. The quantitative estimate of drug-likeness (QED) is 0.161. The van der Waals surface area contributed by atoms with E-state index in [1.165, 1.54) is 21.5 Å². The molecule has 0 aliphatic rings. The lowest BCUT2D eigenvalue weighted by Crippen LogP contribution is -2.06. The van der Waals surface area contributed by atoms with E-state index < -0.39 is 0 Å². The van der Waals surface area contributed by atoms with Gasteiger partial charge in [-0.1, -0.05) is 158 Å². The number of nitrogens with zero attached hydrogens (tertiary/aromatic N) is 6. The van der Waals surface area contributed by atoms with Crippen molar-refractivity contribution in [3.63, 3.8) is 0 Å². The molecular formula is C56H38N6. The molecule has 8 aromatic carbocycles. The molecule has 0 saturated carbocycles. The van der Waals surface area contributed by atoms with Crippen LogP contribution in [0, 0.1) is 0 Å². The third kappa shape index (κ3) is 5.33. The van der Waals surface area contributed by atoms with Crippen molar-refractivity contribution in [2.75, 3.05) is 0 Å². The second-order valence-electron chi connectivity index (χ2n) is 15.6. The van der Waals surface area contributed by atoms with Gasteiger partial charge in [0.25, 0.3) is 0 Å². The zero-order chi connectivity index (χ0) is 41.3. The molecule has 4 aromatic heterocycles. The van der Waals surface area contributed by atoms with E-state index in [2.05, 4.69) is 161 Å². The molecule has 0 aliphatic carbocycles. The molecule has 0 spiro atoms. The van der Waals surface area contributed by atoms with Crippen LogP contribution in [0.4, 0.5) is 0 Å². The first-order chi connectivity index (χ1) is 30.7. The van der Waals surface area contributed by atoms with Gasteiger partial charge in [0, 0.05) is 60.4 Å². The molecular weight excluding hydrogens is 757 g/mol. The van der Waals surface area contributed by atoms with E-state index in [0.717, 1.165) is 77.5 Å². The number of fused-ring (bicyclic) bond motifs is 10. The van der Waals surface area contributed by atoms with Crippen molar-refractivity contribution in [2.24, 2.45) is 0 Å². The topological polar surface area (TPSA) is 53.5 Å². The number of hydrogen-bond acceptors (Lipinski definition) is 3. The maximum Gasteiger partial charge on any atom is 0.238 e. The minimum absolute atomic E-state index is 0.573. The van der Waals surface area contributed by atoms with Crippen molar-refractivity contribution in [2.45, 2.75) is 6.92 Å². The highest BCUT2D eigenvalue weighted by Gasteiger charge is 2.23. The number of rotatable bonds is 7. The summed E-state index contributed by atoms with van der Waals surface area (Å²) in [5.74, 6) is 1.83. The standard InChI is InChI=1S/C56H38N6/c1-3-36-19-11-12-24-40(36)45(4-2)61-48-30-18-15-27-43(48)53-51(61)34-33-50-52(53)42-26-14-17-29-47(42)60(50)39-31-32-49-44(35-39)41-25-13-16-28-46(41)62(49)56-58-54(37-20-7-5-8-21-37)57-55(59-56)38-22-9-6-10-23-38/h3-35H,1H2,2H3/b45-4+. The fourth-order valence-corrected chi connectivity index (χ4v) is 9.58. The second kappa shape index (κ2) is 14.1. The van der Waals surface area contributed by atoms with Gasteiger partial charge in [-0.05, 0) is 61.0 Å². The summed E-state index contributed by atoms with van der Waals surface area (Å²) in [6, 6.07) is 66.3. The van der Waals surface area contributed by atoms with Crippen LogP contribution in [0.2, 0.25) is 0 Å². The van der Waals surface area contributed by atoms with E-state index >= 15 is 0 Å². The van der Waals surface area contributed by atoms with Gasteiger partial charge in [0.15, 0.2) is 11.6 Å². The van der Waals surface area contributed by atoms with Crippen LogP contribution >= 0.6 is 0 Å². The van der Waals surface area contributed by atoms with Crippen molar-refractivity contribution in [1.82, 2.24) is 28.7 Å². The van der Waals surface area contributed by atoms with Crippen molar-refractivity contribution >= 4 is 77.2 Å². The van der Waals surface area contributed by atoms with Crippen molar-refractivity contribution in [1.29, 1.82) is 0 Å². The molecule has 0 saturated heterocycles. The summed E-state index contributed by atoms with van der Waals surface area (Å²) < 4.78 is 7.03. The Hall–Kier alpha value is -8.35. The van der Waals surface area contributed by atoms with Gasteiger partial charge in [0.1, 0.15) is 0 Å². The zero-order valence-corrected chi connectivity index (χ0v) is 33.9. The fourth-order valence-electron chi connectivity index (χ4n) is 9.58. The number of allylic oxidation sites excluding steroid dienone is 1. The van der Waals surface area contributed by atoms with E-state index in [0.29, 0.717) is 17.6 Å². The molecule has 0 N–H and O–H groups in total. The average Bonchev–Trinajstić information content (AvgIpc) is 3.98. The van der Waals surface area contributed by atoms with Crippen LogP contribution in [-0.4, -0.2) is 28.7 Å². The second-order valence-corrected chi connectivity index (χ2v) is 15.6. The zero-order valence-electron chi connectivity index (χ0n) is 33.9. The first-order valence-corrected chi connectivity index (χ1v) is 20.9. The van der Waals surface area contributed by atoms with Crippen molar-refractivity contribution in [3.05, 3.63) is 212 Å². The minimum Gasteiger partial charge on any atom is -0.309 e. The number of para-hydroxylation sites is 3. The van der Waals surface area contributed by atoms with Crippen molar-refractivity contribution in [3.8, 4) is 34.4 Å². The Labute approximate surface area is 357 Å². The lowest BCUT2D eigenvalue weighted by molar-refractivity contribution is 0.953. The summed E-state index contributed by atoms with van der Waals surface area (Å²) in [7, 11) is 0. The molecule has 12 aromatic rings. The van der Waals surface area contributed by atoms with Gasteiger partial charge in [-0.3, -0.25) is 4.57 Å².